The van der Waals surface area contributed by atoms with Gasteiger partial charge in [-0.05, 0) is 43.4 Å². The highest BCUT2D eigenvalue weighted by Gasteiger charge is 2.15. The van der Waals surface area contributed by atoms with Crippen LogP contribution in [0.3, 0.4) is 0 Å². The van der Waals surface area contributed by atoms with Crippen molar-refractivity contribution in [3.8, 4) is 0 Å². The van der Waals surface area contributed by atoms with Crippen molar-refractivity contribution in [1.82, 2.24) is 0 Å². The zero-order valence-corrected chi connectivity index (χ0v) is 17.6. The molecule has 0 amide bonds. The van der Waals surface area contributed by atoms with Crippen molar-refractivity contribution >= 4 is 5.69 Å². The first-order valence-electron chi connectivity index (χ1n) is 9.17. The standard InChI is InChI=1S/C13H21NO.C4H10.2C2H6/c1-10(2)11-5-7-12(8-6-11)14-13(3,4)9-15;1-4(2)3;2*1-2/h5-8,10,14-15H,9H2,1-4H3;4H,1-3H3;2*1-2H3. The number of aliphatic hydroxyl groups excluding tert-OH is 1. The fourth-order valence-corrected chi connectivity index (χ4v) is 1.38. The maximum atomic E-state index is 9.14. The average molecular weight is 326 g/mol. The number of anilines is 1. The molecule has 0 fully saturated rings. The number of aliphatic hydroxyl groups is 1. The van der Waals surface area contributed by atoms with Crippen molar-refractivity contribution in [3.63, 3.8) is 0 Å². The van der Waals surface area contributed by atoms with Crippen molar-refractivity contribution in [2.24, 2.45) is 5.92 Å². The highest BCUT2D eigenvalue weighted by atomic mass is 16.3. The monoisotopic (exact) mass is 325 g/mol. The van der Waals surface area contributed by atoms with Crippen LogP contribution in [0.15, 0.2) is 24.3 Å². The summed E-state index contributed by atoms with van der Waals surface area (Å²) >= 11 is 0. The number of rotatable bonds is 4. The smallest absolute Gasteiger partial charge is 0.0656 e. The summed E-state index contributed by atoms with van der Waals surface area (Å²) in [6.45, 7) is 22.9. The molecule has 1 rings (SSSR count). The molecule has 0 aliphatic carbocycles. The lowest BCUT2D eigenvalue weighted by Gasteiger charge is -2.25. The normalized spacial score (nSPS) is 9.83. The Morgan fingerprint density at radius 2 is 1.22 bits per heavy atom. The Labute approximate surface area is 146 Å². The van der Waals surface area contributed by atoms with Gasteiger partial charge in [-0.2, -0.15) is 0 Å². The molecule has 138 valence electrons. The van der Waals surface area contributed by atoms with Crippen LogP contribution in [0.2, 0.25) is 0 Å². The van der Waals surface area contributed by atoms with Crippen molar-refractivity contribution in [2.75, 3.05) is 11.9 Å². The molecule has 2 heteroatoms. The van der Waals surface area contributed by atoms with E-state index in [1.54, 1.807) is 0 Å². The summed E-state index contributed by atoms with van der Waals surface area (Å²) in [6, 6.07) is 8.38. The summed E-state index contributed by atoms with van der Waals surface area (Å²) in [7, 11) is 0. The highest BCUT2D eigenvalue weighted by molar-refractivity contribution is 5.47. The second-order valence-corrected chi connectivity index (χ2v) is 6.68. The van der Waals surface area contributed by atoms with Gasteiger partial charge in [-0.3, -0.25) is 0 Å². The van der Waals surface area contributed by atoms with Gasteiger partial charge < -0.3 is 10.4 Å². The molecule has 2 N–H and O–H groups in total. The van der Waals surface area contributed by atoms with Crippen molar-refractivity contribution in [3.05, 3.63) is 29.8 Å². The van der Waals surface area contributed by atoms with Gasteiger partial charge in [0.1, 0.15) is 0 Å². The van der Waals surface area contributed by atoms with Crippen LogP contribution in [0.1, 0.15) is 87.6 Å². The fraction of sp³-hybridized carbons (Fsp3) is 0.714. The Bertz CT molecular complexity index is 337. The van der Waals surface area contributed by atoms with Crippen LogP contribution in [0.25, 0.3) is 0 Å². The Balaban J connectivity index is -0.000000426. The molecule has 23 heavy (non-hydrogen) atoms. The van der Waals surface area contributed by atoms with Crippen molar-refractivity contribution in [1.29, 1.82) is 0 Å². The van der Waals surface area contributed by atoms with Gasteiger partial charge in [0, 0.05) is 5.69 Å². The predicted octanol–water partition coefficient (Wildman–Crippen LogP) is 6.71. The summed E-state index contributed by atoms with van der Waals surface area (Å²) in [4.78, 5) is 0. The molecule has 0 aromatic heterocycles. The lowest BCUT2D eigenvalue weighted by molar-refractivity contribution is 0.234. The Morgan fingerprint density at radius 1 is 0.870 bits per heavy atom. The topological polar surface area (TPSA) is 32.3 Å². The van der Waals surface area contributed by atoms with Crippen LogP contribution in [0, 0.1) is 5.92 Å². The molecule has 0 saturated heterocycles. The minimum absolute atomic E-state index is 0.124. The number of nitrogens with one attached hydrogen (secondary N) is 1. The molecular weight excluding hydrogens is 282 g/mol. The SMILES string of the molecule is CC.CC.CC(C)C.CC(C)c1ccc(NC(C)(C)CO)cc1. The second-order valence-electron chi connectivity index (χ2n) is 6.68. The Morgan fingerprint density at radius 3 is 1.48 bits per heavy atom. The van der Waals surface area contributed by atoms with Gasteiger partial charge in [0.2, 0.25) is 0 Å². The van der Waals surface area contributed by atoms with Crippen molar-refractivity contribution < 1.29 is 5.11 Å². The first-order valence-corrected chi connectivity index (χ1v) is 9.17. The van der Waals surface area contributed by atoms with Gasteiger partial charge in [0.25, 0.3) is 0 Å². The highest BCUT2D eigenvalue weighted by Crippen LogP contribution is 2.19. The Kier molecular flexibility index (Phi) is 18.5. The molecule has 1 aromatic carbocycles. The molecule has 0 heterocycles. The predicted molar refractivity (Wildman–Crippen MR) is 109 cm³/mol. The summed E-state index contributed by atoms with van der Waals surface area (Å²) in [5.74, 6) is 1.39. The zero-order valence-electron chi connectivity index (χ0n) is 17.6. The van der Waals surface area contributed by atoms with E-state index >= 15 is 0 Å². The van der Waals surface area contributed by atoms with E-state index in [0.29, 0.717) is 5.92 Å². The van der Waals surface area contributed by atoms with E-state index in [1.165, 1.54) is 5.56 Å². The van der Waals surface area contributed by atoms with Gasteiger partial charge in [-0.1, -0.05) is 74.4 Å². The summed E-state index contributed by atoms with van der Waals surface area (Å²) < 4.78 is 0. The van der Waals surface area contributed by atoms with Gasteiger partial charge in [-0.25, -0.2) is 0 Å². The lowest BCUT2D eigenvalue weighted by Crippen LogP contribution is -2.34. The molecule has 0 atom stereocenters. The average Bonchev–Trinajstić information content (AvgIpc) is 2.51. The van der Waals surface area contributed by atoms with Crippen LogP contribution in [0.4, 0.5) is 5.69 Å². The largest absolute Gasteiger partial charge is 0.394 e. The first-order chi connectivity index (χ1) is 10.7. The Hall–Kier alpha value is -1.02. The summed E-state index contributed by atoms with van der Waals surface area (Å²) in [6.07, 6.45) is 0. The van der Waals surface area contributed by atoms with Crippen LogP contribution in [0.5, 0.6) is 0 Å². The molecule has 0 aliphatic heterocycles. The lowest BCUT2D eigenvalue weighted by atomic mass is 10.0. The van der Waals surface area contributed by atoms with Crippen LogP contribution >= 0.6 is 0 Å². The third-order valence-electron chi connectivity index (χ3n) is 2.46. The molecule has 0 spiro atoms. The molecular formula is C21H43NO. The molecule has 2 nitrogen and oxygen atoms in total. The van der Waals surface area contributed by atoms with E-state index in [0.717, 1.165) is 11.6 Å². The first kappa shape index (κ1) is 26.9. The molecule has 1 aromatic rings. The maximum absolute atomic E-state index is 9.14. The van der Waals surface area contributed by atoms with E-state index in [1.807, 2.05) is 41.5 Å². The third kappa shape index (κ3) is 17.2. The van der Waals surface area contributed by atoms with Gasteiger partial charge in [0.05, 0.1) is 12.1 Å². The summed E-state index contributed by atoms with van der Waals surface area (Å²) in [5, 5.41) is 12.4. The van der Waals surface area contributed by atoms with Crippen LogP contribution < -0.4 is 5.32 Å². The second kappa shape index (κ2) is 15.9. The van der Waals surface area contributed by atoms with E-state index in [-0.39, 0.29) is 12.1 Å². The molecule has 0 radical (unpaired) electrons. The fourth-order valence-electron chi connectivity index (χ4n) is 1.38. The van der Waals surface area contributed by atoms with Gasteiger partial charge >= 0.3 is 0 Å². The van der Waals surface area contributed by atoms with Gasteiger partial charge in [0.15, 0.2) is 0 Å². The van der Waals surface area contributed by atoms with Crippen molar-refractivity contribution in [2.45, 2.75) is 87.6 Å². The van der Waals surface area contributed by atoms with E-state index in [2.05, 4.69) is 64.2 Å². The third-order valence-corrected chi connectivity index (χ3v) is 2.46. The number of hydrogen-bond donors (Lipinski definition) is 2. The van der Waals surface area contributed by atoms with E-state index < -0.39 is 0 Å². The number of hydrogen-bond acceptors (Lipinski definition) is 2. The van der Waals surface area contributed by atoms with Gasteiger partial charge in [-0.15, -0.1) is 0 Å². The quantitative estimate of drug-likeness (QED) is 0.645. The van der Waals surface area contributed by atoms with E-state index in [9.17, 15) is 0 Å². The molecule has 0 aliphatic rings. The molecule has 0 bridgehead atoms. The van der Waals surface area contributed by atoms with Crippen LogP contribution in [-0.2, 0) is 0 Å². The zero-order chi connectivity index (χ0) is 19.1. The van der Waals surface area contributed by atoms with Crippen LogP contribution in [-0.4, -0.2) is 17.3 Å². The number of benzene rings is 1. The maximum Gasteiger partial charge on any atom is 0.0656 e. The molecule has 0 unspecified atom stereocenters. The minimum atomic E-state index is -0.265. The minimum Gasteiger partial charge on any atom is -0.394 e. The summed E-state index contributed by atoms with van der Waals surface area (Å²) in [5.41, 5.74) is 2.13. The van der Waals surface area contributed by atoms with E-state index in [4.69, 9.17) is 5.11 Å². The molecule has 0 saturated carbocycles.